The molecule has 0 fully saturated rings. The predicted octanol–water partition coefficient (Wildman–Crippen LogP) is 1.10. The molecule has 0 saturated carbocycles. The molecule has 0 unspecified atom stereocenters. The average molecular weight is 152 g/mol. The molecule has 0 spiro atoms. The number of halogens is 1. The zero-order valence-corrected chi connectivity index (χ0v) is 5.84. The lowest BCUT2D eigenvalue weighted by molar-refractivity contribution is 0.408. The monoisotopic (exact) mass is 152 g/mol. The van der Waals surface area contributed by atoms with Gasteiger partial charge in [0.2, 0.25) is 5.95 Å². The highest BCUT2D eigenvalue weighted by Gasteiger charge is 2.02. The summed E-state index contributed by atoms with van der Waals surface area (Å²) in [6, 6.07) is 2.81. The first-order valence-corrected chi connectivity index (χ1v) is 2.87. The van der Waals surface area contributed by atoms with Crippen molar-refractivity contribution >= 4 is 0 Å². The fraction of sp³-hybridized carbons (Fsp3) is 0.143. The van der Waals surface area contributed by atoms with Gasteiger partial charge in [-0.3, -0.25) is 0 Å². The van der Waals surface area contributed by atoms with Crippen molar-refractivity contribution in [2.75, 3.05) is 7.11 Å². The zero-order chi connectivity index (χ0) is 8.27. The van der Waals surface area contributed by atoms with Crippen LogP contribution in [0.3, 0.4) is 0 Å². The molecule has 4 heteroatoms. The molecule has 0 N–H and O–H groups in total. The normalized spacial score (nSPS) is 8.82. The van der Waals surface area contributed by atoms with Crippen molar-refractivity contribution in [3.63, 3.8) is 0 Å². The Bertz CT molecular complexity index is 306. The van der Waals surface area contributed by atoms with Crippen LogP contribution in [0.5, 0.6) is 5.75 Å². The SMILES string of the molecule is COc1cnc(F)cc1C#N. The first-order chi connectivity index (χ1) is 5.27. The number of nitrogens with zero attached hydrogens (tertiary/aromatic N) is 2. The standard InChI is InChI=1S/C7H5FN2O/c1-11-6-4-10-7(8)2-5(6)3-9/h2,4H,1H3. The van der Waals surface area contributed by atoms with E-state index >= 15 is 0 Å². The van der Waals surface area contributed by atoms with E-state index in [1.165, 1.54) is 13.3 Å². The number of aromatic nitrogens is 1. The lowest BCUT2D eigenvalue weighted by Gasteiger charge is -1.99. The second-order valence-electron chi connectivity index (χ2n) is 1.82. The summed E-state index contributed by atoms with van der Waals surface area (Å²) in [5.41, 5.74) is 0.153. The van der Waals surface area contributed by atoms with E-state index in [0.717, 1.165) is 6.07 Å². The molecule has 0 aliphatic rings. The molecule has 0 amide bonds. The molecule has 1 aromatic rings. The van der Waals surface area contributed by atoms with Crippen LogP contribution in [0, 0.1) is 17.3 Å². The number of hydrogen-bond donors (Lipinski definition) is 0. The first-order valence-electron chi connectivity index (χ1n) is 2.87. The van der Waals surface area contributed by atoms with Crippen molar-refractivity contribution in [1.29, 1.82) is 5.26 Å². The molecule has 0 atom stereocenters. The van der Waals surface area contributed by atoms with Gasteiger partial charge in [0.05, 0.1) is 13.3 Å². The molecule has 0 radical (unpaired) electrons. The Morgan fingerprint density at radius 1 is 1.73 bits per heavy atom. The van der Waals surface area contributed by atoms with Crippen LogP contribution in [-0.4, -0.2) is 12.1 Å². The Kier molecular flexibility index (Phi) is 2.02. The molecule has 1 aromatic heterocycles. The van der Waals surface area contributed by atoms with Gasteiger partial charge in [0, 0.05) is 6.07 Å². The minimum atomic E-state index is -0.678. The Hall–Kier alpha value is -1.63. The molecule has 1 heterocycles. The fourth-order valence-corrected chi connectivity index (χ4v) is 0.667. The quantitative estimate of drug-likeness (QED) is 0.566. The van der Waals surface area contributed by atoms with Gasteiger partial charge in [0.25, 0.3) is 0 Å². The molecule has 0 aliphatic heterocycles. The third-order valence-electron chi connectivity index (χ3n) is 1.17. The maximum Gasteiger partial charge on any atom is 0.214 e. The average Bonchev–Trinajstić information content (AvgIpc) is 2.04. The van der Waals surface area contributed by atoms with Gasteiger partial charge in [-0.25, -0.2) is 4.98 Å². The Balaban J connectivity index is 3.19. The summed E-state index contributed by atoms with van der Waals surface area (Å²) in [5, 5.41) is 8.45. The van der Waals surface area contributed by atoms with Crippen LogP contribution in [0.4, 0.5) is 4.39 Å². The lowest BCUT2D eigenvalue weighted by Crippen LogP contribution is -1.91. The lowest BCUT2D eigenvalue weighted by atomic mass is 10.3. The van der Waals surface area contributed by atoms with E-state index in [4.69, 9.17) is 10.00 Å². The third kappa shape index (κ3) is 1.44. The van der Waals surface area contributed by atoms with Gasteiger partial charge in [-0.2, -0.15) is 9.65 Å². The highest BCUT2D eigenvalue weighted by atomic mass is 19.1. The molecule has 3 nitrogen and oxygen atoms in total. The predicted molar refractivity (Wildman–Crippen MR) is 35.5 cm³/mol. The number of pyridine rings is 1. The number of ether oxygens (including phenoxy) is 1. The van der Waals surface area contributed by atoms with E-state index in [1.54, 1.807) is 6.07 Å². The number of rotatable bonds is 1. The van der Waals surface area contributed by atoms with Crippen LogP contribution in [0.15, 0.2) is 12.3 Å². The van der Waals surface area contributed by atoms with Crippen LogP contribution >= 0.6 is 0 Å². The number of hydrogen-bond acceptors (Lipinski definition) is 3. The molecule has 11 heavy (non-hydrogen) atoms. The van der Waals surface area contributed by atoms with E-state index < -0.39 is 5.95 Å². The summed E-state index contributed by atoms with van der Waals surface area (Å²) in [6.07, 6.45) is 1.17. The van der Waals surface area contributed by atoms with Crippen LogP contribution < -0.4 is 4.74 Å². The molecular formula is C7H5FN2O. The summed E-state index contributed by atoms with van der Waals surface area (Å²) in [6.45, 7) is 0. The minimum Gasteiger partial charge on any atom is -0.494 e. The highest BCUT2D eigenvalue weighted by molar-refractivity contribution is 5.40. The molecule has 0 bridgehead atoms. The molecule has 0 aliphatic carbocycles. The van der Waals surface area contributed by atoms with Crippen molar-refractivity contribution < 1.29 is 9.13 Å². The van der Waals surface area contributed by atoms with E-state index in [-0.39, 0.29) is 11.3 Å². The van der Waals surface area contributed by atoms with Crippen LogP contribution in [-0.2, 0) is 0 Å². The fourth-order valence-electron chi connectivity index (χ4n) is 0.667. The summed E-state index contributed by atoms with van der Waals surface area (Å²) in [7, 11) is 1.40. The molecule has 56 valence electrons. The summed E-state index contributed by atoms with van der Waals surface area (Å²) in [4.78, 5) is 3.32. The minimum absolute atomic E-state index is 0.153. The molecule has 1 rings (SSSR count). The largest absolute Gasteiger partial charge is 0.494 e. The van der Waals surface area contributed by atoms with Gasteiger partial charge >= 0.3 is 0 Å². The maximum atomic E-state index is 12.4. The number of methoxy groups -OCH3 is 1. The van der Waals surface area contributed by atoms with Crippen LogP contribution in [0.2, 0.25) is 0 Å². The number of nitriles is 1. The third-order valence-corrected chi connectivity index (χ3v) is 1.17. The smallest absolute Gasteiger partial charge is 0.214 e. The van der Waals surface area contributed by atoms with Gasteiger partial charge in [-0.05, 0) is 0 Å². The van der Waals surface area contributed by atoms with Gasteiger partial charge in [-0.15, -0.1) is 0 Å². The Labute approximate surface area is 63.1 Å². The molecule has 0 saturated heterocycles. The van der Waals surface area contributed by atoms with Crippen molar-refractivity contribution in [1.82, 2.24) is 4.98 Å². The Morgan fingerprint density at radius 3 is 3.00 bits per heavy atom. The highest BCUT2D eigenvalue weighted by Crippen LogP contribution is 2.15. The van der Waals surface area contributed by atoms with Crippen molar-refractivity contribution in [3.05, 3.63) is 23.8 Å². The summed E-state index contributed by atoms with van der Waals surface area (Å²) in [5.74, 6) is -0.392. The van der Waals surface area contributed by atoms with Crippen molar-refractivity contribution in [2.24, 2.45) is 0 Å². The van der Waals surface area contributed by atoms with E-state index in [2.05, 4.69) is 4.98 Å². The van der Waals surface area contributed by atoms with Crippen molar-refractivity contribution in [3.8, 4) is 11.8 Å². The van der Waals surface area contributed by atoms with Gasteiger partial charge in [0.1, 0.15) is 11.6 Å². The Morgan fingerprint density at radius 2 is 2.45 bits per heavy atom. The van der Waals surface area contributed by atoms with Crippen molar-refractivity contribution in [2.45, 2.75) is 0 Å². The summed E-state index contributed by atoms with van der Waals surface area (Å²) < 4.78 is 17.1. The molecule has 0 aromatic carbocycles. The van der Waals surface area contributed by atoms with Crippen LogP contribution in [0.25, 0.3) is 0 Å². The van der Waals surface area contributed by atoms with Crippen LogP contribution in [0.1, 0.15) is 5.56 Å². The second kappa shape index (κ2) is 2.97. The van der Waals surface area contributed by atoms with Gasteiger partial charge < -0.3 is 4.74 Å². The van der Waals surface area contributed by atoms with Gasteiger partial charge in [-0.1, -0.05) is 0 Å². The summed E-state index contributed by atoms with van der Waals surface area (Å²) >= 11 is 0. The zero-order valence-electron chi connectivity index (χ0n) is 5.84. The first kappa shape index (κ1) is 7.48. The van der Waals surface area contributed by atoms with E-state index in [0.29, 0.717) is 0 Å². The van der Waals surface area contributed by atoms with E-state index in [1.807, 2.05) is 0 Å². The van der Waals surface area contributed by atoms with E-state index in [9.17, 15) is 4.39 Å². The second-order valence-corrected chi connectivity index (χ2v) is 1.82. The van der Waals surface area contributed by atoms with Gasteiger partial charge in [0.15, 0.2) is 5.75 Å². The topological polar surface area (TPSA) is 45.9 Å². The maximum absolute atomic E-state index is 12.4. The molecular weight excluding hydrogens is 147 g/mol.